The second-order valence-corrected chi connectivity index (χ2v) is 6.01. The lowest BCUT2D eigenvalue weighted by Crippen LogP contribution is -2.23. The Morgan fingerprint density at radius 2 is 1.96 bits per heavy atom. The average Bonchev–Trinajstić information content (AvgIpc) is 2.98. The Morgan fingerprint density at radius 1 is 1.19 bits per heavy atom. The Labute approximate surface area is 153 Å². The van der Waals surface area contributed by atoms with Crippen LogP contribution >= 0.6 is 0 Å². The molecule has 0 bridgehead atoms. The number of nitrogens with zero attached hydrogens (tertiary/aromatic N) is 2. The van der Waals surface area contributed by atoms with Crippen LogP contribution in [0.15, 0.2) is 47.1 Å². The highest BCUT2D eigenvalue weighted by Gasteiger charge is 2.30. The van der Waals surface area contributed by atoms with Crippen LogP contribution in [0.2, 0.25) is 0 Å². The van der Waals surface area contributed by atoms with E-state index in [0.717, 1.165) is 12.1 Å². The van der Waals surface area contributed by atoms with E-state index in [-0.39, 0.29) is 6.54 Å². The van der Waals surface area contributed by atoms with Crippen molar-refractivity contribution in [2.24, 2.45) is 0 Å². The van der Waals surface area contributed by atoms with Crippen molar-refractivity contribution in [3.63, 3.8) is 0 Å². The molecule has 0 saturated carbocycles. The highest BCUT2D eigenvalue weighted by Crippen LogP contribution is 2.29. The van der Waals surface area contributed by atoms with E-state index in [0.29, 0.717) is 33.8 Å². The number of hydrogen-bond acceptors (Lipinski definition) is 4. The topological polar surface area (TPSA) is 68.0 Å². The lowest BCUT2D eigenvalue weighted by atomic mass is 10.1. The second-order valence-electron chi connectivity index (χ2n) is 6.01. The molecule has 0 spiro atoms. The molecular weight excluding hydrogens is 359 g/mol. The summed E-state index contributed by atoms with van der Waals surface area (Å²) in [5.74, 6) is 0.171. The van der Waals surface area contributed by atoms with Gasteiger partial charge in [0, 0.05) is 18.3 Å². The van der Waals surface area contributed by atoms with E-state index in [9.17, 15) is 18.0 Å². The summed E-state index contributed by atoms with van der Waals surface area (Å²) in [5.41, 5.74) is 1.85. The molecule has 2 aromatic heterocycles. The molecule has 3 rings (SSSR count). The first-order chi connectivity index (χ1) is 12.8. The van der Waals surface area contributed by atoms with Crippen molar-refractivity contribution in [1.29, 1.82) is 0 Å². The third-order valence-corrected chi connectivity index (χ3v) is 4.02. The van der Waals surface area contributed by atoms with Crippen molar-refractivity contribution in [2.75, 3.05) is 0 Å². The Balaban J connectivity index is 1.75. The molecule has 0 unspecified atom stereocenters. The minimum absolute atomic E-state index is 0.0221. The van der Waals surface area contributed by atoms with Gasteiger partial charge in [0.25, 0.3) is 5.91 Å². The number of aryl methyl sites for hydroxylation is 2. The molecule has 0 atom stereocenters. The van der Waals surface area contributed by atoms with E-state index in [1.54, 1.807) is 19.9 Å². The summed E-state index contributed by atoms with van der Waals surface area (Å²) in [5, 5.41) is 6.49. The first kappa shape index (κ1) is 18.6. The zero-order chi connectivity index (χ0) is 19.6. The molecule has 0 aliphatic heterocycles. The van der Waals surface area contributed by atoms with Crippen molar-refractivity contribution in [3.8, 4) is 11.3 Å². The third-order valence-electron chi connectivity index (χ3n) is 4.02. The van der Waals surface area contributed by atoms with Crippen LogP contribution in [0.1, 0.15) is 32.9 Å². The van der Waals surface area contributed by atoms with Crippen molar-refractivity contribution in [1.82, 2.24) is 15.5 Å². The number of nitrogens with one attached hydrogen (secondary N) is 1. The van der Waals surface area contributed by atoms with Crippen molar-refractivity contribution in [3.05, 3.63) is 70.7 Å². The van der Waals surface area contributed by atoms with Gasteiger partial charge >= 0.3 is 6.18 Å². The fourth-order valence-electron chi connectivity index (χ4n) is 2.70. The third kappa shape index (κ3) is 4.16. The standard InChI is InChI=1S/C19H16F3N3O2/c1-11-17(12(2)27-25-11)16-9-14(6-7-23-16)18(26)24-10-13-4-3-5-15(8-13)19(20,21)22/h3-9H,10H2,1-2H3,(H,24,26). The van der Waals surface area contributed by atoms with Crippen LogP contribution in [0.25, 0.3) is 11.3 Å². The van der Waals surface area contributed by atoms with Gasteiger partial charge in [-0.05, 0) is 43.7 Å². The number of pyridine rings is 1. The van der Waals surface area contributed by atoms with E-state index in [4.69, 9.17) is 4.52 Å². The second kappa shape index (κ2) is 7.22. The molecule has 1 aromatic carbocycles. The maximum Gasteiger partial charge on any atom is 0.416 e. The summed E-state index contributed by atoms with van der Waals surface area (Å²) in [6.07, 6.45) is -2.94. The van der Waals surface area contributed by atoms with Gasteiger partial charge in [0.2, 0.25) is 0 Å². The Morgan fingerprint density at radius 3 is 2.63 bits per heavy atom. The van der Waals surface area contributed by atoms with E-state index < -0.39 is 17.6 Å². The molecule has 5 nitrogen and oxygen atoms in total. The molecule has 0 fully saturated rings. The van der Waals surface area contributed by atoms with Crippen molar-refractivity contribution < 1.29 is 22.5 Å². The van der Waals surface area contributed by atoms with Gasteiger partial charge in [-0.2, -0.15) is 13.2 Å². The minimum Gasteiger partial charge on any atom is -0.361 e. The maximum absolute atomic E-state index is 12.8. The lowest BCUT2D eigenvalue weighted by Gasteiger charge is -2.10. The number of amides is 1. The molecule has 140 valence electrons. The Kier molecular flexibility index (Phi) is 4.98. The highest BCUT2D eigenvalue weighted by molar-refractivity contribution is 5.95. The molecule has 3 aromatic rings. The van der Waals surface area contributed by atoms with E-state index >= 15 is 0 Å². The summed E-state index contributed by atoms with van der Waals surface area (Å²) >= 11 is 0. The monoisotopic (exact) mass is 375 g/mol. The molecule has 27 heavy (non-hydrogen) atoms. The number of carbonyl (C=O) groups excluding carboxylic acids is 1. The smallest absolute Gasteiger partial charge is 0.361 e. The number of benzene rings is 1. The van der Waals surface area contributed by atoms with Gasteiger partial charge in [0.05, 0.1) is 22.5 Å². The molecule has 0 saturated heterocycles. The van der Waals surface area contributed by atoms with Crippen LogP contribution in [-0.4, -0.2) is 16.0 Å². The number of rotatable bonds is 4. The molecule has 8 heteroatoms. The van der Waals surface area contributed by atoms with Gasteiger partial charge in [0.15, 0.2) is 0 Å². The van der Waals surface area contributed by atoms with Crippen molar-refractivity contribution in [2.45, 2.75) is 26.6 Å². The van der Waals surface area contributed by atoms with Crippen LogP contribution in [-0.2, 0) is 12.7 Å². The molecule has 0 aliphatic rings. The average molecular weight is 375 g/mol. The summed E-state index contributed by atoms with van der Waals surface area (Å²) in [6.45, 7) is 3.50. The highest BCUT2D eigenvalue weighted by atomic mass is 19.4. The number of carbonyl (C=O) groups is 1. The minimum atomic E-state index is -4.42. The number of hydrogen-bond donors (Lipinski definition) is 1. The van der Waals surface area contributed by atoms with Crippen molar-refractivity contribution >= 4 is 5.91 Å². The summed E-state index contributed by atoms with van der Waals surface area (Å²) in [6, 6.07) is 7.97. The van der Waals surface area contributed by atoms with Gasteiger partial charge in [-0.25, -0.2) is 0 Å². The van der Waals surface area contributed by atoms with Crippen LogP contribution in [0, 0.1) is 13.8 Å². The largest absolute Gasteiger partial charge is 0.416 e. The van der Waals surface area contributed by atoms with E-state index in [1.807, 2.05) is 0 Å². The fraction of sp³-hybridized carbons (Fsp3) is 0.211. The van der Waals surface area contributed by atoms with Gasteiger partial charge in [-0.1, -0.05) is 17.3 Å². The molecule has 0 aliphatic carbocycles. The maximum atomic E-state index is 12.8. The van der Waals surface area contributed by atoms with Gasteiger partial charge in [-0.3, -0.25) is 9.78 Å². The van der Waals surface area contributed by atoms with Crippen LogP contribution in [0.3, 0.4) is 0 Å². The van der Waals surface area contributed by atoms with Crippen LogP contribution in [0.4, 0.5) is 13.2 Å². The van der Waals surface area contributed by atoms with E-state index in [1.165, 1.54) is 24.4 Å². The molecule has 1 N–H and O–H groups in total. The predicted octanol–water partition coefficient (Wildman–Crippen LogP) is 4.30. The molecule has 1 amide bonds. The Hall–Kier alpha value is -3.16. The number of alkyl halides is 3. The van der Waals surface area contributed by atoms with Crippen LogP contribution < -0.4 is 5.32 Å². The number of aromatic nitrogens is 2. The zero-order valence-electron chi connectivity index (χ0n) is 14.6. The molecule has 2 heterocycles. The first-order valence-corrected chi connectivity index (χ1v) is 8.09. The SMILES string of the molecule is Cc1noc(C)c1-c1cc(C(=O)NCc2cccc(C(F)(F)F)c2)ccn1. The lowest BCUT2D eigenvalue weighted by molar-refractivity contribution is -0.137. The summed E-state index contributed by atoms with van der Waals surface area (Å²) in [4.78, 5) is 16.6. The van der Waals surface area contributed by atoms with Crippen LogP contribution in [0.5, 0.6) is 0 Å². The summed E-state index contributed by atoms with van der Waals surface area (Å²) in [7, 11) is 0. The first-order valence-electron chi connectivity index (χ1n) is 8.09. The van der Waals surface area contributed by atoms with E-state index in [2.05, 4.69) is 15.5 Å². The Bertz CT molecular complexity index is 961. The fourth-order valence-corrected chi connectivity index (χ4v) is 2.70. The molecule has 0 radical (unpaired) electrons. The summed E-state index contributed by atoms with van der Waals surface area (Å²) < 4.78 is 43.4. The quantitative estimate of drug-likeness (QED) is 0.738. The molecular formula is C19H16F3N3O2. The number of halogens is 3. The van der Waals surface area contributed by atoms with Gasteiger partial charge < -0.3 is 9.84 Å². The normalized spacial score (nSPS) is 11.4. The van der Waals surface area contributed by atoms with Gasteiger partial charge in [0.1, 0.15) is 5.76 Å². The zero-order valence-corrected chi connectivity index (χ0v) is 14.6. The predicted molar refractivity (Wildman–Crippen MR) is 91.8 cm³/mol. The van der Waals surface area contributed by atoms with Gasteiger partial charge in [-0.15, -0.1) is 0 Å².